The number of carbonyl (C=O) groups excluding carboxylic acids is 1. The van der Waals surface area contributed by atoms with Gasteiger partial charge in [-0.25, -0.2) is 4.79 Å². The van der Waals surface area contributed by atoms with E-state index in [4.69, 9.17) is 5.73 Å². The number of hydrogen-bond acceptors (Lipinski definition) is 3. The number of alkyl carbamates (subject to hydrolysis) is 1. The van der Waals surface area contributed by atoms with Crippen LogP contribution in [0.15, 0.2) is 0 Å². The largest absolute Gasteiger partial charge is 0.453 e. The minimum Gasteiger partial charge on any atom is -0.453 e. The summed E-state index contributed by atoms with van der Waals surface area (Å²) >= 11 is 0. The zero-order valence-electron chi connectivity index (χ0n) is 9.10. The van der Waals surface area contributed by atoms with E-state index in [1.54, 1.807) is 0 Å². The van der Waals surface area contributed by atoms with Gasteiger partial charge in [0.15, 0.2) is 0 Å². The summed E-state index contributed by atoms with van der Waals surface area (Å²) < 4.78 is 4.51. The normalized spacial score (nSPS) is 12.5. The molecule has 3 N–H and O–H groups in total. The van der Waals surface area contributed by atoms with Crippen LogP contribution in [0.5, 0.6) is 0 Å². The summed E-state index contributed by atoms with van der Waals surface area (Å²) in [5.41, 5.74) is 5.20. The first-order valence-corrected chi connectivity index (χ1v) is 4.31. The summed E-state index contributed by atoms with van der Waals surface area (Å²) in [6.07, 6.45) is 0.268. The molecule has 0 heterocycles. The molecule has 0 radical (unpaired) electrons. The Bertz CT molecular complexity index is 183. The quantitative estimate of drug-likeness (QED) is 0.700. The van der Waals surface area contributed by atoms with Gasteiger partial charge in [-0.2, -0.15) is 0 Å². The van der Waals surface area contributed by atoms with E-state index >= 15 is 0 Å². The van der Waals surface area contributed by atoms with Gasteiger partial charge < -0.3 is 15.8 Å². The van der Waals surface area contributed by atoms with Crippen LogP contribution in [0, 0.1) is 0 Å². The minimum absolute atomic E-state index is 0.301. The fourth-order valence-electron chi connectivity index (χ4n) is 1.51. The summed E-state index contributed by atoms with van der Waals surface area (Å²) in [7, 11) is 1.35. The van der Waals surface area contributed by atoms with Crippen LogP contribution >= 0.6 is 0 Å². The number of nitrogens with one attached hydrogen (secondary N) is 1. The topological polar surface area (TPSA) is 64.3 Å². The lowest BCUT2D eigenvalue weighted by Crippen LogP contribution is -2.50. The average molecular weight is 188 g/mol. The van der Waals surface area contributed by atoms with E-state index in [2.05, 4.69) is 10.1 Å². The Morgan fingerprint density at radius 3 is 2.15 bits per heavy atom. The second-order valence-electron chi connectivity index (χ2n) is 4.67. The van der Waals surface area contributed by atoms with Gasteiger partial charge in [-0.05, 0) is 34.1 Å². The maximum absolute atomic E-state index is 10.9. The van der Waals surface area contributed by atoms with Crippen molar-refractivity contribution in [1.29, 1.82) is 0 Å². The van der Waals surface area contributed by atoms with Gasteiger partial charge in [0.2, 0.25) is 0 Å². The number of hydrogen-bond donors (Lipinski definition) is 2. The molecule has 0 spiro atoms. The van der Waals surface area contributed by atoms with Crippen LogP contribution in [0.1, 0.15) is 34.1 Å². The third kappa shape index (κ3) is 6.40. The van der Waals surface area contributed by atoms with Gasteiger partial charge in [0.25, 0.3) is 0 Å². The summed E-state index contributed by atoms with van der Waals surface area (Å²) in [5, 5.41) is 2.72. The van der Waals surface area contributed by atoms with Crippen molar-refractivity contribution in [2.24, 2.45) is 5.73 Å². The molecule has 4 nitrogen and oxygen atoms in total. The Labute approximate surface area is 79.8 Å². The zero-order valence-corrected chi connectivity index (χ0v) is 9.10. The lowest BCUT2D eigenvalue weighted by atomic mass is 9.88. The predicted molar refractivity (Wildman–Crippen MR) is 52.5 cm³/mol. The van der Waals surface area contributed by atoms with Gasteiger partial charge in [-0.15, -0.1) is 0 Å². The molecule has 0 aliphatic carbocycles. The third-order valence-corrected chi connectivity index (χ3v) is 1.52. The van der Waals surface area contributed by atoms with Gasteiger partial charge in [-0.1, -0.05) is 0 Å². The number of amides is 1. The van der Waals surface area contributed by atoms with Crippen LogP contribution in [0.25, 0.3) is 0 Å². The predicted octanol–water partition coefficient (Wildman–Crippen LogP) is 1.25. The van der Waals surface area contributed by atoms with Crippen molar-refractivity contribution < 1.29 is 9.53 Å². The fraction of sp³-hybridized carbons (Fsp3) is 0.889. The Kier molecular flexibility index (Phi) is 3.72. The summed E-state index contributed by atoms with van der Waals surface area (Å²) in [6, 6.07) is 0. The minimum atomic E-state index is -0.422. The van der Waals surface area contributed by atoms with E-state index in [1.807, 2.05) is 27.7 Å². The average Bonchev–Trinajstić information content (AvgIpc) is 1.80. The van der Waals surface area contributed by atoms with Crippen molar-refractivity contribution in [3.63, 3.8) is 0 Å². The number of methoxy groups -OCH3 is 1. The van der Waals surface area contributed by atoms with Crippen LogP contribution in [0.4, 0.5) is 4.79 Å². The molecule has 13 heavy (non-hydrogen) atoms. The maximum Gasteiger partial charge on any atom is 0.407 e. The van der Waals surface area contributed by atoms with Crippen LogP contribution in [-0.4, -0.2) is 24.3 Å². The van der Waals surface area contributed by atoms with Crippen molar-refractivity contribution in [3.05, 3.63) is 0 Å². The van der Waals surface area contributed by atoms with Crippen molar-refractivity contribution in [2.45, 2.75) is 45.2 Å². The molecule has 0 rings (SSSR count). The molecule has 1 amide bonds. The number of nitrogens with two attached hydrogens (primary N) is 1. The molecule has 0 atom stereocenters. The first-order valence-electron chi connectivity index (χ1n) is 4.31. The molecule has 0 aromatic heterocycles. The van der Waals surface area contributed by atoms with Crippen molar-refractivity contribution >= 4 is 6.09 Å². The Morgan fingerprint density at radius 1 is 1.38 bits per heavy atom. The molecule has 0 fully saturated rings. The van der Waals surface area contributed by atoms with Gasteiger partial charge in [0, 0.05) is 11.1 Å². The first-order chi connectivity index (χ1) is 5.66. The highest BCUT2D eigenvalue weighted by Crippen LogP contribution is 2.17. The first kappa shape index (κ1) is 12.2. The molecule has 0 bridgehead atoms. The van der Waals surface area contributed by atoms with Gasteiger partial charge in [0.05, 0.1) is 7.11 Å². The molecule has 4 heteroatoms. The molecular formula is C9H20N2O2. The second-order valence-corrected chi connectivity index (χ2v) is 4.67. The van der Waals surface area contributed by atoms with Crippen LogP contribution in [-0.2, 0) is 4.74 Å². The summed E-state index contributed by atoms with van der Waals surface area (Å²) in [6.45, 7) is 7.68. The molecule has 0 unspecified atom stereocenters. The lowest BCUT2D eigenvalue weighted by molar-refractivity contribution is 0.154. The summed E-state index contributed by atoms with van der Waals surface area (Å²) in [4.78, 5) is 10.9. The van der Waals surface area contributed by atoms with Crippen molar-refractivity contribution in [2.75, 3.05) is 7.11 Å². The van der Waals surface area contributed by atoms with Crippen LogP contribution in [0.3, 0.4) is 0 Å². The second kappa shape index (κ2) is 3.96. The van der Waals surface area contributed by atoms with Crippen LogP contribution < -0.4 is 11.1 Å². The zero-order chi connectivity index (χ0) is 10.7. The Balaban J connectivity index is 4.16. The molecule has 78 valence electrons. The fourth-order valence-corrected chi connectivity index (χ4v) is 1.51. The van der Waals surface area contributed by atoms with E-state index < -0.39 is 6.09 Å². The van der Waals surface area contributed by atoms with E-state index in [9.17, 15) is 4.79 Å². The monoisotopic (exact) mass is 188 g/mol. The highest BCUT2D eigenvalue weighted by molar-refractivity contribution is 5.67. The van der Waals surface area contributed by atoms with Gasteiger partial charge >= 0.3 is 6.09 Å². The molecule has 0 saturated heterocycles. The van der Waals surface area contributed by atoms with E-state index in [0.29, 0.717) is 6.42 Å². The standard InChI is InChI=1S/C9H20N2O2/c1-8(2,10)6-9(3,4)11-7(12)13-5/h6,10H2,1-5H3,(H,11,12). The van der Waals surface area contributed by atoms with Crippen molar-refractivity contribution in [1.82, 2.24) is 5.32 Å². The third-order valence-electron chi connectivity index (χ3n) is 1.52. The number of ether oxygens (including phenoxy) is 1. The smallest absolute Gasteiger partial charge is 0.407 e. The number of carbonyl (C=O) groups is 1. The molecule has 0 aromatic carbocycles. The summed E-state index contributed by atoms with van der Waals surface area (Å²) in [5.74, 6) is 0. The molecule has 0 aromatic rings. The highest BCUT2D eigenvalue weighted by Gasteiger charge is 2.27. The van der Waals surface area contributed by atoms with E-state index in [-0.39, 0.29) is 11.1 Å². The number of rotatable bonds is 3. The molecular weight excluding hydrogens is 168 g/mol. The lowest BCUT2D eigenvalue weighted by Gasteiger charge is -2.32. The highest BCUT2D eigenvalue weighted by atomic mass is 16.5. The van der Waals surface area contributed by atoms with Gasteiger partial charge in [-0.3, -0.25) is 0 Å². The Morgan fingerprint density at radius 2 is 1.85 bits per heavy atom. The molecule has 0 aliphatic rings. The van der Waals surface area contributed by atoms with Crippen LogP contribution in [0.2, 0.25) is 0 Å². The molecule has 0 aliphatic heterocycles. The molecule has 0 saturated carbocycles. The Hall–Kier alpha value is -0.770. The SMILES string of the molecule is COC(=O)NC(C)(C)CC(C)(C)N. The van der Waals surface area contributed by atoms with E-state index in [1.165, 1.54) is 7.11 Å². The maximum atomic E-state index is 10.9. The van der Waals surface area contributed by atoms with Gasteiger partial charge in [0.1, 0.15) is 0 Å². The van der Waals surface area contributed by atoms with E-state index in [0.717, 1.165) is 0 Å². The van der Waals surface area contributed by atoms with Crippen molar-refractivity contribution in [3.8, 4) is 0 Å².